The number of alkyl halides is 3. The van der Waals surface area contributed by atoms with Gasteiger partial charge in [0.2, 0.25) is 5.51 Å². The smallest absolute Gasteiger partial charge is 0.485 e. The molecule has 10 heteroatoms. The topological polar surface area (TPSA) is 81.3 Å². The largest absolute Gasteiger partial charge is 0.741 e. The molecule has 0 bridgehead atoms. The third-order valence-corrected chi connectivity index (χ3v) is 7.24. The fourth-order valence-corrected chi connectivity index (χ4v) is 4.51. The SMILES string of the molecule is CCCCCCCCCCCCCCCC[n+]1csc(CCO)c1C.O=S(=O)([O-])C(F)(F)F. The van der Waals surface area contributed by atoms with Crippen molar-refractivity contribution in [2.24, 2.45) is 0 Å². The van der Waals surface area contributed by atoms with Crippen LogP contribution < -0.4 is 4.57 Å². The van der Waals surface area contributed by atoms with Gasteiger partial charge in [0, 0.05) is 26.4 Å². The summed E-state index contributed by atoms with van der Waals surface area (Å²) in [6.07, 6.45) is 20.6. The van der Waals surface area contributed by atoms with Gasteiger partial charge in [-0.1, -0.05) is 95.3 Å². The lowest BCUT2D eigenvalue weighted by Gasteiger charge is -2.08. The zero-order valence-corrected chi connectivity index (χ0v) is 21.8. The van der Waals surface area contributed by atoms with Crippen LogP contribution in [0.25, 0.3) is 0 Å². The molecule has 1 N–H and O–H groups in total. The number of aliphatic hydroxyl groups is 1. The summed E-state index contributed by atoms with van der Waals surface area (Å²) in [5, 5.41) is 9.06. The zero-order chi connectivity index (χ0) is 25.2. The Balaban J connectivity index is 0.00000109. The lowest BCUT2D eigenvalue weighted by Crippen LogP contribution is -2.34. The molecule has 0 aliphatic heterocycles. The number of rotatable bonds is 17. The van der Waals surface area contributed by atoms with Crippen LogP contribution in [-0.4, -0.2) is 30.2 Å². The van der Waals surface area contributed by atoms with Crippen LogP contribution in [0, 0.1) is 6.92 Å². The Labute approximate surface area is 202 Å². The minimum atomic E-state index is -6.09. The molecule has 0 saturated carbocycles. The normalized spacial score (nSPS) is 12.0. The molecule has 1 heterocycles. The van der Waals surface area contributed by atoms with E-state index in [0.717, 1.165) is 13.0 Å². The van der Waals surface area contributed by atoms with Crippen molar-refractivity contribution < 1.29 is 35.8 Å². The molecule has 196 valence electrons. The van der Waals surface area contributed by atoms with Crippen LogP contribution in [0.15, 0.2) is 5.51 Å². The molecule has 0 aromatic carbocycles. The number of nitrogens with zero attached hydrogens (tertiary/aromatic N) is 1. The molecule has 0 spiro atoms. The molecule has 1 aromatic heterocycles. The van der Waals surface area contributed by atoms with E-state index < -0.39 is 15.6 Å². The van der Waals surface area contributed by atoms with Crippen molar-refractivity contribution in [3.63, 3.8) is 0 Å². The van der Waals surface area contributed by atoms with Crippen LogP contribution in [0.5, 0.6) is 0 Å². The Hall–Kier alpha value is -0.710. The maximum atomic E-state index is 10.7. The van der Waals surface area contributed by atoms with Gasteiger partial charge >= 0.3 is 5.51 Å². The molecule has 0 saturated heterocycles. The predicted octanol–water partition coefficient (Wildman–Crippen LogP) is 6.41. The Morgan fingerprint density at radius 1 is 0.909 bits per heavy atom. The van der Waals surface area contributed by atoms with Crippen molar-refractivity contribution in [2.75, 3.05) is 6.61 Å². The summed E-state index contributed by atoms with van der Waals surface area (Å²) >= 11 is 1.79. The first-order valence-electron chi connectivity index (χ1n) is 12.1. The van der Waals surface area contributed by atoms with Crippen LogP contribution >= 0.6 is 11.3 Å². The Bertz CT molecular complexity index is 707. The number of unbranched alkanes of at least 4 members (excludes halogenated alkanes) is 13. The molecule has 1 aromatic rings. The molecule has 0 aliphatic rings. The predicted molar refractivity (Wildman–Crippen MR) is 126 cm³/mol. The molecule has 0 amide bonds. The monoisotopic (exact) mass is 517 g/mol. The number of halogens is 3. The lowest BCUT2D eigenvalue weighted by molar-refractivity contribution is -0.698. The Morgan fingerprint density at radius 3 is 1.67 bits per heavy atom. The van der Waals surface area contributed by atoms with E-state index >= 15 is 0 Å². The average molecular weight is 518 g/mol. The van der Waals surface area contributed by atoms with E-state index in [0.29, 0.717) is 0 Å². The summed E-state index contributed by atoms with van der Waals surface area (Å²) in [7, 11) is -6.09. The molecule has 5 nitrogen and oxygen atoms in total. The van der Waals surface area contributed by atoms with Crippen molar-refractivity contribution in [3.8, 4) is 0 Å². The number of aliphatic hydroxyl groups excluding tert-OH is 1. The highest BCUT2D eigenvalue weighted by Gasteiger charge is 2.36. The molecule has 0 atom stereocenters. The quantitative estimate of drug-likeness (QED) is 0.112. The first-order chi connectivity index (χ1) is 15.5. The number of hydrogen-bond acceptors (Lipinski definition) is 5. The summed E-state index contributed by atoms with van der Waals surface area (Å²) in [5.74, 6) is 0. The number of thiazole rings is 1. The van der Waals surface area contributed by atoms with Gasteiger partial charge in [0.15, 0.2) is 15.8 Å². The minimum absolute atomic E-state index is 0.264. The van der Waals surface area contributed by atoms with Gasteiger partial charge in [-0.25, -0.2) is 8.42 Å². The maximum absolute atomic E-state index is 10.7. The molecule has 1 rings (SSSR count). The highest BCUT2D eigenvalue weighted by atomic mass is 32.2. The number of aromatic nitrogens is 1. The molecule has 0 aliphatic carbocycles. The van der Waals surface area contributed by atoms with Gasteiger partial charge < -0.3 is 9.66 Å². The first kappa shape index (κ1) is 32.3. The lowest BCUT2D eigenvalue weighted by atomic mass is 10.0. The van der Waals surface area contributed by atoms with Gasteiger partial charge in [-0.15, -0.1) is 0 Å². The Kier molecular flexibility index (Phi) is 18.2. The fraction of sp³-hybridized carbons (Fsp3) is 0.870. The van der Waals surface area contributed by atoms with E-state index in [-0.39, 0.29) is 6.61 Å². The number of aryl methyl sites for hydroxylation is 1. The second-order valence-corrected chi connectivity index (χ2v) is 10.7. The summed E-state index contributed by atoms with van der Waals surface area (Å²) in [6, 6.07) is 0. The highest BCUT2D eigenvalue weighted by Crippen LogP contribution is 2.20. The van der Waals surface area contributed by atoms with Gasteiger partial charge in [-0.2, -0.15) is 17.7 Å². The van der Waals surface area contributed by atoms with Crippen molar-refractivity contribution in [2.45, 2.75) is 122 Å². The molecular weight excluding hydrogens is 475 g/mol. The van der Waals surface area contributed by atoms with E-state index in [2.05, 4.69) is 23.9 Å². The zero-order valence-electron chi connectivity index (χ0n) is 20.2. The highest BCUT2D eigenvalue weighted by molar-refractivity contribution is 7.86. The third-order valence-electron chi connectivity index (χ3n) is 5.53. The van der Waals surface area contributed by atoms with Gasteiger partial charge in [0.05, 0.1) is 4.88 Å². The molecule has 0 unspecified atom stereocenters. The fourth-order valence-electron chi connectivity index (χ4n) is 3.49. The Morgan fingerprint density at radius 2 is 1.30 bits per heavy atom. The minimum Gasteiger partial charge on any atom is -0.741 e. The molecule has 0 fully saturated rings. The first-order valence-corrected chi connectivity index (χ1v) is 14.4. The summed E-state index contributed by atoms with van der Waals surface area (Å²) in [4.78, 5) is 1.34. The standard InChI is InChI=1S/C22H42NOS.CHF3O3S/c1-3-4-5-6-7-8-9-10-11-12-13-14-15-16-18-23-20-25-22(17-19-24)21(23)2;2-1(3,4)8(5,6)7/h20,24H,3-19H2,1-2H3;(H,5,6,7)/q+1;/p-1. The van der Waals surface area contributed by atoms with Crippen LogP contribution in [0.4, 0.5) is 13.2 Å². The second kappa shape index (κ2) is 18.6. The van der Waals surface area contributed by atoms with Crippen LogP contribution in [0.1, 0.15) is 107 Å². The average Bonchev–Trinajstić information content (AvgIpc) is 3.07. The number of hydrogen-bond donors (Lipinski definition) is 1. The van der Waals surface area contributed by atoms with Crippen LogP contribution in [0.2, 0.25) is 0 Å². The summed E-state index contributed by atoms with van der Waals surface area (Å²) in [5.41, 5.74) is -2.07. The summed E-state index contributed by atoms with van der Waals surface area (Å²) < 4.78 is 61.3. The maximum Gasteiger partial charge on any atom is 0.485 e. The molecular formula is C23H42F3NO4S2. The van der Waals surface area contributed by atoms with Gasteiger partial charge in [-0.05, 0) is 6.42 Å². The summed E-state index contributed by atoms with van der Waals surface area (Å²) in [6.45, 7) is 5.88. The van der Waals surface area contributed by atoms with E-state index in [9.17, 15) is 13.2 Å². The van der Waals surface area contributed by atoms with E-state index in [1.165, 1.54) is 100 Å². The van der Waals surface area contributed by atoms with Gasteiger partial charge in [0.25, 0.3) is 0 Å². The van der Waals surface area contributed by atoms with E-state index in [1.54, 1.807) is 11.3 Å². The van der Waals surface area contributed by atoms with Crippen molar-refractivity contribution >= 4 is 21.5 Å². The van der Waals surface area contributed by atoms with Crippen molar-refractivity contribution in [1.82, 2.24) is 0 Å². The third kappa shape index (κ3) is 16.5. The van der Waals surface area contributed by atoms with E-state index in [4.69, 9.17) is 18.1 Å². The molecule has 0 radical (unpaired) electrons. The van der Waals surface area contributed by atoms with Crippen LogP contribution in [0.3, 0.4) is 0 Å². The van der Waals surface area contributed by atoms with Gasteiger partial charge in [0.1, 0.15) is 6.54 Å². The van der Waals surface area contributed by atoms with Crippen LogP contribution in [-0.2, 0) is 23.1 Å². The van der Waals surface area contributed by atoms with Crippen molar-refractivity contribution in [1.29, 1.82) is 0 Å². The van der Waals surface area contributed by atoms with Gasteiger partial charge in [-0.3, -0.25) is 0 Å². The van der Waals surface area contributed by atoms with Crippen molar-refractivity contribution in [3.05, 3.63) is 16.1 Å². The second-order valence-electron chi connectivity index (χ2n) is 8.39. The molecule has 33 heavy (non-hydrogen) atoms. The van der Waals surface area contributed by atoms with E-state index in [1.807, 2.05) is 0 Å².